The van der Waals surface area contributed by atoms with Crippen molar-refractivity contribution < 1.29 is 14.4 Å². The second-order valence-electron chi connectivity index (χ2n) is 6.49. The maximum absolute atomic E-state index is 12.3. The Hall–Kier alpha value is -3.22. The van der Waals surface area contributed by atoms with Gasteiger partial charge in [0, 0.05) is 50.4 Å². The maximum atomic E-state index is 12.3. The molecule has 1 aliphatic rings. The van der Waals surface area contributed by atoms with Crippen LogP contribution in [0.3, 0.4) is 0 Å². The van der Waals surface area contributed by atoms with E-state index in [0.29, 0.717) is 18.7 Å². The van der Waals surface area contributed by atoms with Crippen molar-refractivity contribution in [1.82, 2.24) is 14.8 Å². The van der Waals surface area contributed by atoms with Crippen LogP contribution in [0.5, 0.6) is 0 Å². The van der Waals surface area contributed by atoms with Crippen LogP contribution in [-0.2, 0) is 22.6 Å². The zero-order chi connectivity index (χ0) is 19.2. The number of nitrogens with zero attached hydrogens (tertiary/aromatic N) is 3. The lowest BCUT2D eigenvalue weighted by molar-refractivity contribution is -0.139. The lowest BCUT2D eigenvalue weighted by atomic mass is 10.2. The van der Waals surface area contributed by atoms with Crippen LogP contribution in [0.15, 0.2) is 48.7 Å². The second-order valence-corrected chi connectivity index (χ2v) is 6.49. The molecule has 0 radical (unpaired) electrons. The van der Waals surface area contributed by atoms with Gasteiger partial charge in [0.2, 0.25) is 11.8 Å². The minimum atomic E-state index is -0.205. The molecule has 1 fully saturated rings. The third-order valence-electron chi connectivity index (χ3n) is 4.48. The first-order valence-electron chi connectivity index (χ1n) is 8.87. The van der Waals surface area contributed by atoms with Crippen LogP contribution >= 0.6 is 0 Å². The molecule has 0 unspecified atom stereocenters. The first kappa shape index (κ1) is 18.6. The number of amides is 4. The predicted molar refractivity (Wildman–Crippen MR) is 101 cm³/mol. The van der Waals surface area contributed by atoms with Crippen molar-refractivity contribution >= 4 is 23.5 Å². The van der Waals surface area contributed by atoms with Crippen LogP contribution in [0.4, 0.5) is 10.5 Å². The summed E-state index contributed by atoms with van der Waals surface area (Å²) >= 11 is 0. The van der Waals surface area contributed by atoms with Crippen molar-refractivity contribution in [3.8, 4) is 0 Å². The molecule has 1 aromatic carbocycles. The van der Waals surface area contributed by atoms with Crippen LogP contribution in [0, 0.1) is 0 Å². The number of aromatic nitrogens is 1. The number of urea groups is 1. The highest BCUT2D eigenvalue weighted by molar-refractivity contribution is 6.01. The first-order chi connectivity index (χ1) is 13.0. The van der Waals surface area contributed by atoms with Crippen LogP contribution in [0.25, 0.3) is 0 Å². The summed E-state index contributed by atoms with van der Waals surface area (Å²) in [5.41, 5.74) is 2.44. The molecule has 3 rings (SSSR count). The van der Waals surface area contributed by atoms with Gasteiger partial charge in [-0.3, -0.25) is 19.5 Å². The number of likely N-dealkylation sites (tertiary alicyclic amines) is 1. The maximum Gasteiger partial charge on any atom is 0.321 e. The lowest BCUT2D eigenvalue weighted by Crippen LogP contribution is -2.33. The Kier molecular flexibility index (Phi) is 5.80. The molecular weight excluding hydrogens is 344 g/mol. The minimum Gasteiger partial charge on any atom is -0.327 e. The third kappa shape index (κ3) is 4.91. The van der Waals surface area contributed by atoms with Gasteiger partial charge in [0.25, 0.3) is 0 Å². The Labute approximate surface area is 158 Å². The van der Waals surface area contributed by atoms with Gasteiger partial charge >= 0.3 is 6.03 Å². The summed E-state index contributed by atoms with van der Waals surface area (Å²) in [6.45, 7) is 0.829. The monoisotopic (exact) mass is 366 g/mol. The summed E-state index contributed by atoms with van der Waals surface area (Å²) in [6, 6.07) is 12.7. The van der Waals surface area contributed by atoms with E-state index in [1.165, 1.54) is 4.90 Å². The summed E-state index contributed by atoms with van der Waals surface area (Å²) < 4.78 is 0. The average molecular weight is 366 g/mol. The van der Waals surface area contributed by atoms with E-state index in [0.717, 1.165) is 11.3 Å². The highest BCUT2D eigenvalue weighted by Crippen LogP contribution is 2.17. The van der Waals surface area contributed by atoms with E-state index in [4.69, 9.17) is 0 Å². The molecule has 1 aliphatic heterocycles. The van der Waals surface area contributed by atoms with E-state index in [1.54, 1.807) is 30.3 Å². The predicted octanol–water partition coefficient (Wildman–Crippen LogP) is 2.44. The number of hydrogen-bond donors (Lipinski definition) is 1. The number of rotatable bonds is 6. The zero-order valence-corrected chi connectivity index (χ0v) is 15.2. The number of hydrogen-bond acceptors (Lipinski definition) is 4. The van der Waals surface area contributed by atoms with Crippen molar-refractivity contribution in [2.24, 2.45) is 0 Å². The number of pyridine rings is 1. The van der Waals surface area contributed by atoms with E-state index < -0.39 is 0 Å². The highest BCUT2D eigenvalue weighted by Gasteiger charge is 2.28. The number of imide groups is 1. The van der Waals surface area contributed by atoms with Gasteiger partial charge in [0.05, 0.1) is 6.54 Å². The molecule has 1 N–H and O–H groups in total. The van der Waals surface area contributed by atoms with E-state index in [9.17, 15) is 14.4 Å². The van der Waals surface area contributed by atoms with Crippen molar-refractivity contribution in [2.45, 2.75) is 25.8 Å². The first-order valence-corrected chi connectivity index (χ1v) is 8.87. The van der Waals surface area contributed by atoms with Gasteiger partial charge in [-0.25, -0.2) is 4.79 Å². The largest absolute Gasteiger partial charge is 0.327 e. The van der Waals surface area contributed by atoms with Gasteiger partial charge in [-0.1, -0.05) is 18.2 Å². The fourth-order valence-corrected chi connectivity index (χ4v) is 2.82. The highest BCUT2D eigenvalue weighted by atomic mass is 16.2. The fourth-order valence-electron chi connectivity index (χ4n) is 2.82. The van der Waals surface area contributed by atoms with Crippen molar-refractivity contribution in [2.75, 3.05) is 18.9 Å². The van der Waals surface area contributed by atoms with Crippen molar-refractivity contribution in [3.63, 3.8) is 0 Å². The van der Waals surface area contributed by atoms with Gasteiger partial charge in [0.15, 0.2) is 0 Å². The smallest absolute Gasteiger partial charge is 0.321 e. The number of anilines is 1. The van der Waals surface area contributed by atoms with E-state index in [1.807, 2.05) is 30.3 Å². The Morgan fingerprint density at radius 2 is 1.81 bits per heavy atom. The normalized spacial score (nSPS) is 13.7. The third-order valence-corrected chi connectivity index (χ3v) is 4.48. The second kappa shape index (κ2) is 8.44. The molecule has 140 valence electrons. The molecule has 27 heavy (non-hydrogen) atoms. The zero-order valence-electron chi connectivity index (χ0n) is 15.2. The Morgan fingerprint density at radius 3 is 2.44 bits per heavy atom. The van der Waals surface area contributed by atoms with Crippen LogP contribution in [-0.4, -0.2) is 46.2 Å². The molecule has 0 bridgehead atoms. The number of carbonyl (C=O) groups is 3. The summed E-state index contributed by atoms with van der Waals surface area (Å²) in [7, 11) is 1.73. The number of likely N-dealkylation sites (N-methyl/N-ethyl adjacent to an activating group) is 1. The molecule has 7 heteroatoms. The van der Waals surface area contributed by atoms with Gasteiger partial charge in [-0.15, -0.1) is 0 Å². The molecule has 2 aromatic rings. The molecular formula is C20H22N4O3. The van der Waals surface area contributed by atoms with Gasteiger partial charge in [-0.05, 0) is 29.8 Å². The SMILES string of the molecule is CN(CCc1ccccn1)C(=O)Nc1ccc(CN2C(=O)CCC2=O)cc1. The Bertz CT molecular complexity index is 805. The van der Waals surface area contributed by atoms with Gasteiger partial charge < -0.3 is 10.2 Å². The molecule has 4 amide bonds. The van der Waals surface area contributed by atoms with Crippen LogP contribution in [0.2, 0.25) is 0 Å². The summed E-state index contributed by atoms with van der Waals surface area (Å²) in [4.78, 5) is 42.8. The molecule has 0 atom stereocenters. The van der Waals surface area contributed by atoms with Crippen molar-refractivity contribution in [1.29, 1.82) is 0 Å². The molecule has 0 aliphatic carbocycles. The molecule has 1 aromatic heterocycles. The van der Waals surface area contributed by atoms with E-state index in [2.05, 4.69) is 10.3 Å². The lowest BCUT2D eigenvalue weighted by Gasteiger charge is -2.18. The average Bonchev–Trinajstić information content (AvgIpc) is 3.00. The molecule has 0 spiro atoms. The Balaban J connectivity index is 1.50. The molecule has 2 heterocycles. The van der Waals surface area contributed by atoms with Crippen LogP contribution < -0.4 is 5.32 Å². The number of nitrogens with one attached hydrogen (secondary N) is 1. The summed E-state index contributed by atoms with van der Waals surface area (Å²) in [5.74, 6) is -0.265. The molecule has 0 saturated carbocycles. The van der Waals surface area contributed by atoms with Gasteiger partial charge in [0.1, 0.15) is 0 Å². The summed E-state index contributed by atoms with van der Waals surface area (Å²) in [5, 5.41) is 2.84. The van der Waals surface area contributed by atoms with E-state index >= 15 is 0 Å². The van der Waals surface area contributed by atoms with E-state index in [-0.39, 0.29) is 37.2 Å². The van der Waals surface area contributed by atoms with Crippen molar-refractivity contribution in [3.05, 3.63) is 59.9 Å². The number of carbonyl (C=O) groups excluding carboxylic acids is 3. The quantitative estimate of drug-likeness (QED) is 0.796. The molecule has 7 nitrogen and oxygen atoms in total. The fraction of sp³-hybridized carbons (Fsp3) is 0.300. The topological polar surface area (TPSA) is 82.6 Å². The number of benzene rings is 1. The summed E-state index contributed by atoms with van der Waals surface area (Å²) in [6.07, 6.45) is 3.00. The standard InChI is InChI=1S/C20H22N4O3/c1-23(13-11-16-4-2-3-12-21-16)20(27)22-17-7-5-15(6-8-17)14-24-18(25)9-10-19(24)26/h2-8,12H,9-11,13-14H2,1H3,(H,22,27). The molecule has 1 saturated heterocycles. The van der Waals surface area contributed by atoms with Crippen LogP contribution in [0.1, 0.15) is 24.1 Å². The Morgan fingerprint density at radius 1 is 1.11 bits per heavy atom. The minimum absolute atomic E-state index is 0.132. The van der Waals surface area contributed by atoms with Gasteiger partial charge in [-0.2, -0.15) is 0 Å².